The van der Waals surface area contributed by atoms with Gasteiger partial charge in [0.25, 0.3) is 40.5 Å². The van der Waals surface area contributed by atoms with E-state index in [1.807, 2.05) is 0 Å². The molecule has 1 aliphatic carbocycles. The van der Waals surface area contributed by atoms with Crippen molar-refractivity contribution in [1.82, 2.24) is 0 Å². The summed E-state index contributed by atoms with van der Waals surface area (Å²) in [5.41, 5.74) is 0.285. The molecule has 0 radical (unpaired) electrons. The fraction of sp³-hybridized carbons (Fsp3) is 0.250. The molecule has 8 bridgehead atoms. The summed E-state index contributed by atoms with van der Waals surface area (Å²) in [6.07, 6.45) is 0. The molecule has 20 nitrogen and oxygen atoms in total. The molecule has 0 fully saturated rings. The molecule has 28 heteroatoms. The highest BCUT2D eigenvalue weighted by atomic mass is 32.2. The third-order valence-electron chi connectivity index (χ3n) is 15.7. The van der Waals surface area contributed by atoms with Gasteiger partial charge in [-0.05, 0) is 46.5 Å². The molecule has 0 aromatic heterocycles. The molecule has 92 heavy (non-hydrogen) atoms. The smallest absolute Gasteiger partial charge is 0.265 e. The zero-order valence-electron chi connectivity index (χ0n) is 48.5. The van der Waals surface area contributed by atoms with Crippen molar-refractivity contribution < 1.29 is 92.7 Å². The maximum atomic E-state index is 13.1. The van der Waals surface area contributed by atoms with E-state index in [1.165, 1.54) is 24.3 Å². The molecular weight excluding hydrogens is 1350 g/mol. The number of fused-ring (bicyclic) bond motifs is 8. The Morgan fingerprint density at radius 3 is 0.554 bits per heavy atom. The fourth-order valence-electron chi connectivity index (χ4n) is 11.4. The first kappa shape index (κ1) is 69.5. The molecule has 0 heterocycles. The Bertz CT molecular complexity index is 3780. The highest BCUT2D eigenvalue weighted by molar-refractivity contribution is 8.00. The van der Waals surface area contributed by atoms with E-state index in [0.29, 0.717) is 22.3 Å². The Kier molecular flexibility index (Phi) is 22.1. The molecule has 0 aliphatic heterocycles. The van der Waals surface area contributed by atoms with Gasteiger partial charge >= 0.3 is 0 Å². The van der Waals surface area contributed by atoms with Crippen LogP contribution >= 0.6 is 47.0 Å². The molecule has 1 aliphatic rings. The van der Waals surface area contributed by atoms with Gasteiger partial charge in [0.2, 0.25) is 0 Å². The Morgan fingerprint density at radius 2 is 0.413 bits per heavy atom. The normalized spacial score (nSPS) is 16.1. The zero-order valence-corrected chi connectivity index (χ0v) is 55.1. The minimum atomic E-state index is -4.53. The molecule has 0 saturated heterocycles. The Morgan fingerprint density at radius 1 is 0.261 bits per heavy atom. The first-order valence-electron chi connectivity index (χ1n) is 28.1. The predicted octanol–water partition coefficient (Wildman–Crippen LogP) is 10.8. The number of rotatable bonds is 24. The summed E-state index contributed by atoms with van der Waals surface area (Å²) in [6.45, 7) is 0. The van der Waals surface area contributed by atoms with E-state index in [0.717, 1.165) is 47.0 Å². The SMILES string of the molecule is O=S(=O)(O)CCSCc1c(O)c2cc(c1O)C(c1ccccc1)c1cc(c(O)c(CSCCS(=O)(=O)O)c1O)C(c1ccccc1)c1cc(c(O)c(CSCCS(=O)(=O)O)c1O)C(c1ccccc1)c1cc(c(O)c(CSCCS(=O)(=O)O)c1O)C2c1ccccc1. The van der Waals surface area contributed by atoms with Crippen molar-refractivity contribution in [2.24, 2.45) is 0 Å². The maximum Gasteiger partial charge on any atom is 0.265 e. The predicted molar refractivity (Wildman–Crippen MR) is 359 cm³/mol. The summed E-state index contributed by atoms with van der Waals surface area (Å²) < 4.78 is 136. The number of thioether (sulfide) groups is 4. The number of aromatic hydroxyl groups is 8. The monoisotopic (exact) mass is 1410 g/mol. The summed E-state index contributed by atoms with van der Waals surface area (Å²) in [7, 11) is -18.1. The van der Waals surface area contributed by atoms with Gasteiger partial charge in [-0.2, -0.15) is 80.7 Å². The summed E-state index contributed by atoms with van der Waals surface area (Å²) in [5.74, 6) is -15.5. The van der Waals surface area contributed by atoms with Crippen LogP contribution in [0.1, 0.15) is 113 Å². The lowest BCUT2D eigenvalue weighted by Gasteiger charge is -2.32. The van der Waals surface area contributed by atoms with E-state index in [1.54, 1.807) is 121 Å². The lowest BCUT2D eigenvalue weighted by molar-refractivity contribution is 0.422. The largest absolute Gasteiger partial charge is 0.507 e. The van der Waals surface area contributed by atoms with E-state index in [2.05, 4.69) is 0 Å². The molecule has 8 aromatic carbocycles. The summed E-state index contributed by atoms with van der Waals surface area (Å²) in [5, 5.41) is 105. The minimum Gasteiger partial charge on any atom is -0.507 e. The Labute approximate surface area is 549 Å². The van der Waals surface area contributed by atoms with Crippen LogP contribution in [0.4, 0.5) is 0 Å². The maximum absolute atomic E-state index is 13.1. The van der Waals surface area contributed by atoms with Crippen LogP contribution in [0.2, 0.25) is 0 Å². The van der Waals surface area contributed by atoms with Crippen molar-refractivity contribution in [1.29, 1.82) is 0 Å². The van der Waals surface area contributed by atoms with Crippen LogP contribution < -0.4 is 0 Å². The number of hydrogen-bond donors (Lipinski definition) is 12. The highest BCUT2D eigenvalue weighted by Gasteiger charge is 2.39. The molecule has 0 saturated carbocycles. The molecule has 0 spiro atoms. The van der Waals surface area contributed by atoms with Crippen LogP contribution in [0.5, 0.6) is 46.0 Å². The number of phenolic OH excluding ortho intramolecular Hbond substituents is 8. The second-order valence-corrected chi connectivity index (χ2v) is 32.4. The van der Waals surface area contributed by atoms with Crippen molar-refractivity contribution in [2.45, 2.75) is 46.7 Å². The second kappa shape index (κ2) is 29.2. The van der Waals surface area contributed by atoms with Crippen LogP contribution in [-0.2, 0) is 63.5 Å². The van der Waals surface area contributed by atoms with E-state index in [4.69, 9.17) is 0 Å². The average Bonchev–Trinajstić information content (AvgIpc) is 0.738. The van der Waals surface area contributed by atoms with E-state index in [-0.39, 0.29) is 113 Å². The summed E-state index contributed by atoms with van der Waals surface area (Å²) in [4.78, 5) is 0. The van der Waals surface area contributed by atoms with Crippen molar-refractivity contribution in [2.75, 3.05) is 46.0 Å². The topological polar surface area (TPSA) is 379 Å². The molecule has 488 valence electrons. The van der Waals surface area contributed by atoms with E-state index >= 15 is 0 Å². The van der Waals surface area contributed by atoms with Crippen LogP contribution in [0.25, 0.3) is 0 Å². The Hall–Kier alpha value is -6.80. The zero-order chi connectivity index (χ0) is 66.5. The lowest BCUT2D eigenvalue weighted by Crippen LogP contribution is -2.15. The van der Waals surface area contributed by atoms with E-state index in [9.17, 15) is 92.7 Å². The average molecular weight is 1410 g/mol. The number of phenols is 8. The molecular formula is C64H64O20S8. The van der Waals surface area contributed by atoms with Gasteiger partial charge in [-0.15, -0.1) is 0 Å². The lowest BCUT2D eigenvalue weighted by atomic mass is 9.73. The molecule has 0 amide bonds. The minimum absolute atomic E-state index is 0.0452. The Balaban J connectivity index is 1.53. The first-order chi connectivity index (χ1) is 43.5. The van der Waals surface area contributed by atoms with Crippen molar-refractivity contribution in [3.63, 3.8) is 0 Å². The fourth-order valence-corrected chi connectivity index (χ4v) is 19.2. The van der Waals surface area contributed by atoms with Gasteiger partial charge in [0, 0.05) is 136 Å². The first-order valence-corrected chi connectivity index (χ1v) is 39.2. The molecule has 0 unspecified atom stereocenters. The second-order valence-electron chi connectivity index (χ2n) is 21.7. The van der Waals surface area contributed by atoms with Crippen LogP contribution in [0.3, 0.4) is 0 Å². The van der Waals surface area contributed by atoms with Crippen LogP contribution in [0, 0.1) is 0 Å². The third kappa shape index (κ3) is 16.4. The third-order valence-corrected chi connectivity index (χ3v) is 23.5. The number of benzene rings is 8. The summed E-state index contributed by atoms with van der Waals surface area (Å²) in [6, 6.07) is 39.3. The quantitative estimate of drug-likeness (QED) is 0.0197. The van der Waals surface area contributed by atoms with Gasteiger partial charge in [-0.25, -0.2) is 0 Å². The van der Waals surface area contributed by atoms with Gasteiger partial charge in [-0.1, -0.05) is 121 Å². The molecule has 9 rings (SSSR count). The molecule has 0 atom stereocenters. The van der Waals surface area contributed by atoms with Crippen molar-refractivity contribution in [3.8, 4) is 46.0 Å². The molecule has 12 N–H and O–H groups in total. The highest BCUT2D eigenvalue weighted by Crippen LogP contribution is 2.58. The van der Waals surface area contributed by atoms with Crippen molar-refractivity contribution in [3.05, 3.63) is 235 Å². The van der Waals surface area contributed by atoms with Crippen molar-refractivity contribution >= 4 is 87.5 Å². The van der Waals surface area contributed by atoms with Gasteiger partial charge in [-0.3, -0.25) is 18.2 Å². The van der Waals surface area contributed by atoms with Gasteiger partial charge in [0.1, 0.15) is 46.0 Å². The summed E-state index contributed by atoms with van der Waals surface area (Å²) >= 11 is 3.64. The van der Waals surface area contributed by atoms with E-state index < -0.39 is 133 Å². The standard InChI is InChI=1S/C64H64O20S8/c65-57-41-29-43(59(67)49(57)33-85-21-25-89(73,74)75)54(38-15-7-2-8-16-38)45-31-47(63(71)51(61(45)69)35-87-23-27-91(79,80)81)56(40-19-11-4-12-20-40)48-32-46(62(70)52(64(48)72)36-88-24-28-92(82,83)84)55(39-17-9-3-10-18-39)44-30-42(53(41)37-13-5-1-6-14-37)58(66)50(60(44)68)34-86-22-26-90(76,77)78/h1-20,29-32,53-56,65-72H,21-28,33-36H2,(H,73,74,75)(H,76,77,78)(H,79,80,81)(H,82,83,84). The number of hydrogen-bond acceptors (Lipinski definition) is 20. The van der Waals surface area contributed by atoms with Gasteiger partial charge in [0.05, 0.1) is 23.0 Å². The van der Waals surface area contributed by atoms with Crippen LogP contribution in [0.15, 0.2) is 146 Å². The molecule has 8 aromatic rings. The van der Waals surface area contributed by atoms with Gasteiger partial charge < -0.3 is 40.9 Å². The van der Waals surface area contributed by atoms with Crippen LogP contribution in [-0.4, -0.2) is 139 Å². The van der Waals surface area contributed by atoms with Gasteiger partial charge in [0.15, 0.2) is 0 Å².